The number of unbranched alkanes of at least 4 members (excludes halogenated alkanes) is 2. The van der Waals surface area contributed by atoms with Crippen LogP contribution in [0.2, 0.25) is 0 Å². The van der Waals surface area contributed by atoms with Crippen molar-refractivity contribution in [1.29, 1.82) is 0 Å². The summed E-state index contributed by atoms with van der Waals surface area (Å²) in [7, 11) is 1.79. The number of amides is 1. The lowest BCUT2D eigenvalue weighted by Crippen LogP contribution is -2.16. The standard InChI is InChI=1S/C8H15NO.C6H10O3/c1-3-4-5-6-7-9(2)8-10;7-5-2-1-4(3-5)6(8)9/h3,8H,1,4-7H2,2H3;4-5,7H,1-3H2,(H,8,9). The van der Waals surface area contributed by atoms with Gasteiger partial charge in [-0.3, -0.25) is 9.59 Å². The number of nitrogens with zero attached hydrogens (tertiary/aromatic N) is 1. The molecular formula is C14H25NO4. The van der Waals surface area contributed by atoms with Crippen LogP contribution in [0.25, 0.3) is 0 Å². The maximum Gasteiger partial charge on any atom is 0.306 e. The van der Waals surface area contributed by atoms with Gasteiger partial charge in [-0.05, 0) is 38.5 Å². The van der Waals surface area contributed by atoms with E-state index in [0.29, 0.717) is 19.3 Å². The van der Waals surface area contributed by atoms with Crippen LogP contribution in [-0.2, 0) is 9.59 Å². The number of rotatable bonds is 7. The first-order valence-electron chi connectivity index (χ1n) is 6.68. The van der Waals surface area contributed by atoms with Crippen LogP contribution >= 0.6 is 0 Å². The van der Waals surface area contributed by atoms with Gasteiger partial charge in [-0.2, -0.15) is 0 Å². The summed E-state index contributed by atoms with van der Waals surface area (Å²) in [5.74, 6) is -1.06. The summed E-state index contributed by atoms with van der Waals surface area (Å²) in [6, 6.07) is 0. The summed E-state index contributed by atoms with van der Waals surface area (Å²) in [5, 5.41) is 17.3. The van der Waals surface area contributed by atoms with Gasteiger partial charge in [0, 0.05) is 13.6 Å². The molecular weight excluding hydrogens is 246 g/mol. The van der Waals surface area contributed by atoms with Gasteiger partial charge < -0.3 is 15.1 Å². The van der Waals surface area contributed by atoms with E-state index in [4.69, 9.17) is 10.2 Å². The highest BCUT2D eigenvalue weighted by atomic mass is 16.4. The van der Waals surface area contributed by atoms with Crippen molar-refractivity contribution in [3.05, 3.63) is 12.7 Å². The van der Waals surface area contributed by atoms with E-state index < -0.39 is 5.97 Å². The lowest BCUT2D eigenvalue weighted by atomic mass is 10.1. The summed E-state index contributed by atoms with van der Waals surface area (Å²) < 4.78 is 0. The van der Waals surface area contributed by atoms with Crippen molar-refractivity contribution in [3.8, 4) is 0 Å². The predicted molar refractivity (Wildman–Crippen MR) is 73.7 cm³/mol. The molecule has 0 aromatic carbocycles. The highest BCUT2D eigenvalue weighted by Gasteiger charge is 2.27. The monoisotopic (exact) mass is 271 g/mol. The fourth-order valence-electron chi connectivity index (χ4n) is 1.88. The number of aliphatic hydroxyl groups excluding tert-OH is 1. The second-order valence-electron chi connectivity index (χ2n) is 4.87. The SMILES string of the molecule is C=CCCCCN(C)C=O.O=C(O)C1CCC(O)C1. The average Bonchev–Trinajstić information content (AvgIpc) is 2.82. The predicted octanol–water partition coefficient (Wildman–Crippen LogP) is 1.66. The molecule has 1 saturated carbocycles. The Morgan fingerprint density at radius 2 is 2.11 bits per heavy atom. The number of allylic oxidation sites excluding steroid dienone is 1. The Kier molecular flexibility index (Phi) is 9.80. The van der Waals surface area contributed by atoms with Gasteiger partial charge in [0.2, 0.25) is 6.41 Å². The number of carboxylic acid groups (broad SMARTS) is 1. The summed E-state index contributed by atoms with van der Waals surface area (Å²) in [5.41, 5.74) is 0. The number of carbonyl (C=O) groups excluding carboxylic acids is 1. The van der Waals surface area contributed by atoms with E-state index in [9.17, 15) is 9.59 Å². The molecule has 0 bridgehead atoms. The summed E-state index contributed by atoms with van der Waals surface area (Å²) >= 11 is 0. The Balaban J connectivity index is 0.000000342. The highest BCUT2D eigenvalue weighted by Crippen LogP contribution is 2.24. The molecule has 1 rings (SSSR count). The number of carbonyl (C=O) groups is 2. The average molecular weight is 271 g/mol. The van der Waals surface area contributed by atoms with Crippen molar-refractivity contribution in [2.45, 2.75) is 44.6 Å². The lowest BCUT2D eigenvalue weighted by Gasteiger charge is -2.08. The summed E-state index contributed by atoms with van der Waals surface area (Å²) in [4.78, 5) is 22.0. The molecule has 0 aromatic heterocycles. The molecule has 19 heavy (non-hydrogen) atoms. The van der Waals surface area contributed by atoms with Crippen LogP contribution in [0.15, 0.2) is 12.7 Å². The van der Waals surface area contributed by atoms with Crippen molar-refractivity contribution in [1.82, 2.24) is 4.90 Å². The van der Waals surface area contributed by atoms with Crippen LogP contribution in [0.1, 0.15) is 38.5 Å². The van der Waals surface area contributed by atoms with Crippen molar-refractivity contribution >= 4 is 12.4 Å². The largest absolute Gasteiger partial charge is 0.481 e. The molecule has 0 aliphatic heterocycles. The van der Waals surface area contributed by atoms with Gasteiger partial charge in [0.25, 0.3) is 0 Å². The maximum atomic E-state index is 10.2. The minimum atomic E-state index is -0.772. The van der Waals surface area contributed by atoms with Crippen molar-refractivity contribution in [3.63, 3.8) is 0 Å². The minimum Gasteiger partial charge on any atom is -0.481 e. The molecule has 0 radical (unpaired) electrons. The van der Waals surface area contributed by atoms with Gasteiger partial charge in [-0.25, -0.2) is 0 Å². The quantitative estimate of drug-likeness (QED) is 0.419. The van der Waals surface area contributed by atoms with Crippen LogP contribution in [0.3, 0.4) is 0 Å². The van der Waals surface area contributed by atoms with Crippen molar-refractivity contribution in [2.75, 3.05) is 13.6 Å². The van der Waals surface area contributed by atoms with Crippen molar-refractivity contribution < 1.29 is 19.8 Å². The molecule has 1 fully saturated rings. The molecule has 2 N–H and O–H groups in total. The Bertz CT molecular complexity index is 281. The first-order chi connectivity index (χ1) is 9.01. The third-order valence-corrected chi connectivity index (χ3v) is 3.10. The zero-order valence-electron chi connectivity index (χ0n) is 11.6. The highest BCUT2D eigenvalue weighted by molar-refractivity contribution is 5.70. The Hall–Kier alpha value is -1.36. The number of hydrogen-bond donors (Lipinski definition) is 2. The second kappa shape index (κ2) is 10.6. The normalized spacial score (nSPS) is 21.2. The number of aliphatic hydroxyl groups is 1. The Morgan fingerprint density at radius 3 is 2.47 bits per heavy atom. The van der Waals surface area contributed by atoms with Gasteiger partial charge in [-0.15, -0.1) is 6.58 Å². The first kappa shape index (κ1) is 17.6. The van der Waals surface area contributed by atoms with Gasteiger partial charge in [0.15, 0.2) is 0 Å². The minimum absolute atomic E-state index is 0.292. The molecule has 5 heteroatoms. The third-order valence-electron chi connectivity index (χ3n) is 3.10. The number of carboxylic acids is 1. The van der Waals surface area contributed by atoms with Crippen LogP contribution in [0.5, 0.6) is 0 Å². The molecule has 0 saturated heterocycles. The van der Waals surface area contributed by atoms with E-state index >= 15 is 0 Å². The van der Waals surface area contributed by atoms with Gasteiger partial charge in [-0.1, -0.05) is 6.08 Å². The van der Waals surface area contributed by atoms with E-state index in [1.54, 1.807) is 11.9 Å². The van der Waals surface area contributed by atoms with Gasteiger partial charge in [0.05, 0.1) is 12.0 Å². The second-order valence-corrected chi connectivity index (χ2v) is 4.87. The smallest absolute Gasteiger partial charge is 0.306 e. The van der Waals surface area contributed by atoms with Gasteiger partial charge in [0.1, 0.15) is 0 Å². The zero-order valence-corrected chi connectivity index (χ0v) is 11.6. The Morgan fingerprint density at radius 1 is 1.42 bits per heavy atom. The molecule has 110 valence electrons. The molecule has 1 amide bonds. The zero-order chi connectivity index (χ0) is 14.7. The first-order valence-corrected chi connectivity index (χ1v) is 6.68. The molecule has 5 nitrogen and oxygen atoms in total. The number of hydrogen-bond acceptors (Lipinski definition) is 3. The molecule has 0 spiro atoms. The maximum absolute atomic E-state index is 10.2. The van der Waals surface area contributed by atoms with Crippen molar-refractivity contribution in [2.24, 2.45) is 5.92 Å². The third kappa shape index (κ3) is 9.25. The van der Waals surface area contributed by atoms with E-state index in [0.717, 1.165) is 32.2 Å². The lowest BCUT2D eigenvalue weighted by molar-refractivity contribution is -0.141. The van der Waals surface area contributed by atoms with E-state index in [2.05, 4.69) is 6.58 Å². The van der Waals surface area contributed by atoms with E-state index in [-0.39, 0.29) is 12.0 Å². The number of aliphatic carboxylic acids is 1. The molecule has 2 unspecified atom stereocenters. The van der Waals surface area contributed by atoms with Crippen LogP contribution < -0.4 is 0 Å². The van der Waals surface area contributed by atoms with E-state index in [1.165, 1.54) is 0 Å². The molecule has 0 heterocycles. The van der Waals surface area contributed by atoms with Crippen LogP contribution in [0, 0.1) is 5.92 Å². The Labute approximate surface area is 114 Å². The molecule has 1 aliphatic rings. The van der Waals surface area contributed by atoms with Crippen LogP contribution in [-0.4, -0.2) is 47.2 Å². The van der Waals surface area contributed by atoms with Gasteiger partial charge >= 0.3 is 5.97 Å². The summed E-state index contributed by atoms with van der Waals surface area (Å²) in [6.07, 6.45) is 7.36. The summed E-state index contributed by atoms with van der Waals surface area (Å²) in [6.45, 7) is 4.47. The fourth-order valence-corrected chi connectivity index (χ4v) is 1.88. The molecule has 0 aromatic rings. The van der Waals surface area contributed by atoms with E-state index in [1.807, 2.05) is 6.08 Å². The molecule has 2 atom stereocenters. The fraction of sp³-hybridized carbons (Fsp3) is 0.714. The topological polar surface area (TPSA) is 77.8 Å². The molecule has 1 aliphatic carbocycles. The van der Waals surface area contributed by atoms with Crippen LogP contribution in [0.4, 0.5) is 0 Å².